The Morgan fingerprint density at radius 3 is 1.00 bits per heavy atom. The van der Waals surface area contributed by atoms with Crippen molar-refractivity contribution in [2.75, 3.05) is 0 Å². The maximum absolute atomic E-state index is 3.88. The minimum atomic E-state index is 1.09. The Morgan fingerprint density at radius 2 is 0.667 bits per heavy atom. The van der Waals surface area contributed by atoms with E-state index in [2.05, 4.69) is 25.7 Å². The molecule has 0 aliphatic carbocycles. The highest BCUT2D eigenvalue weighted by Crippen LogP contribution is 2.10. The summed E-state index contributed by atoms with van der Waals surface area (Å²) in [5.74, 6) is 6.67. The van der Waals surface area contributed by atoms with Crippen molar-refractivity contribution in [3.05, 3.63) is 13.8 Å². The lowest BCUT2D eigenvalue weighted by Crippen LogP contribution is -1.81. The molecule has 0 aromatic rings. The first kappa shape index (κ1) is 20.6. The van der Waals surface area contributed by atoms with E-state index in [9.17, 15) is 0 Å². The highest BCUT2D eigenvalue weighted by Gasteiger charge is 1.91. The molecule has 0 unspecified atom stereocenters. The Labute approximate surface area is 135 Å². The summed E-state index contributed by atoms with van der Waals surface area (Å²) < 4.78 is 0. The van der Waals surface area contributed by atoms with E-state index in [1.807, 2.05) is 0 Å². The number of hydrogen-bond donors (Lipinski definition) is 0. The molecule has 0 aliphatic rings. The second-order valence-corrected chi connectivity index (χ2v) is 6.16. The first-order chi connectivity index (χ1) is 10.4. The van der Waals surface area contributed by atoms with E-state index >= 15 is 0 Å². The van der Waals surface area contributed by atoms with E-state index in [0.29, 0.717) is 0 Å². The summed E-state index contributed by atoms with van der Waals surface area (Å²) in [6.07, 6.45) is 22.1. The zero-order valence-corrected chi connectivity index (χ0v) is 14.4. The van der Waals surface area contributed by atoms with E-state index in [0.717, 1.165) is 25.7 Å². The fourth-order valence-corrected chi connectivity index (χ4v) is 2.55. The van der Waals surface area contributed by atoms with Crippen LogP contribution in [-0.4, -0.2) is 0 Å². The minimum Gasteiger partial charge on any atom is -0.103 e. The van der Waals surface area contributed by atoms with Crippen molar-refractivity contribution in [3.8, 4) is 11.8 Å². The molecular weight excluding hydrogens is 252 g/mol. The topological polar surface area (TPSA) is 0 Å². The molecule has 0 heterocycles. The molecule has 0 fully saturated rings. The van der Waals surface area contributed by atoms with E-state index in [4.69, 9.17) is 0 Å². The molecule has 0 bridgehead atoms. The van der Waals surface area contributed by atoms with Crippen molar-refractivity contribution in [2.24, 2.45) is 0 Å². The van der Waals surface area contributed by atoms with Gasteiger partial charge in [-0.1, -0.05) is 97.3 Å². The molecule has 0 atom stereocenters. The van der Waals surface area contributed by atoms with Gasteiger partial charge in [0.2, 0.25) is 0 Å². The molecular formula is C21H38. The lowest BCUT2D eigenvalue weighted by atomic mass is 10.1. The fraction of sp³-hybridized carbons (Fsp3) is 0.810. The number of rotatable bonds is 15. The van der Waals surface area contributed by atoms with Crippen LogP contribution in [0.15, 0.2) is 0 Å². The highest BCUT2D eigenvalue weighted by atomic mass is 14.0. The van der Waals surface area contributed by atoms with Crippen LogP contribution in [0.3, 0.4) is 0 Å². The molecule has 21 heavy (non-hydrogen) atoms. The van der Waals surface area contributed by atoms with Crippen LogP contribution in [-0.2, 0) is 0 Å². The maximum Gasteiger partial charge on any atom is 0.00886 e. The summed E-state index contributed by atoms with van der Waals surface area (Å²) in [4.78, 5) is 0. The molecule has 0 N–H and O–H groups in total. The van der Waals surface area contributed by atoms with Crippen LogP contribution in [0.5, 0.6) is 0 Å². The molecule has 0 aromatic heterocycles. The third-order valence-electron chi connectivity index (χ3n) is 3.98. The van der Waals surface area contributed by atoms with Gasteiger partial charge in [-0.05, 0) is 12.8 Å². The summed E-state index contributed by atoms with van der Waals surface area (Å²) in [5, 5.41) is 0. The van der Waals surface area contributed by atoms with Gasteiger partial charge < -0.3 is 0 Å². The molecule has 0 aliphatic heterocycles. The SMILES string of the molecule is [CH2]CCCCCCCC#CCCCCCCCCCC[CH2]. The summed E-state index contributed by atoms with van der Waals surface area (Å²) in [6.45, 7) is 7.75. The van der Waals surface area contributed by atoms with Gasteiger partial charge in [0, 0.05) is 12.8 Å². The van der Waals surface area contributed by atoms with E-state index in [1.54, 1.807) is 0 Å². The zero-order valence-electron chi connectivity index (χ0n) is 14.4. The summed E-state index contributed by atoms with van der Waals surface area (Å²) in [6, 6.07) is 0. The third-order valence-corrected chi connectivity index (χ3v) is 3.98. The van der Waals surface area contributed by atoms with E-state index < -0.39 is 0 Å². The minimum absolute atomic E-state index is 1.09. The maximum atomic E-state index is 3.88. The Kier molecular flexibility index (Phi) is 19.2. The number of hydrogen-bond acceptors (Lipinski definition) is 0. The van der Waals surface area contributed by atoms with Gasteiger partial charge in [-0.3, -0.25) is 0 Å². The normalized spacial score (nSPS) is 10.4. The van der Waals surface area contributed by atoms with Gasteiger partial charge in [0.15, 0.2) is 0 Å². The molecule has 2 radical (unpaired) electrons. The van der Waals surface area contributed by atoms with Gasteiger partial charge in [0.05, 0.1) is 0 Å². The van der Waals surface area contributed by atoms with Crippen LogP contribution in [0.25, 0.3) is 0 Å². The average Bonchev–Trinajstić information content (AvgIpc) is 2.50. The lowest BCUT2D eigenvalue weighted by molar-refractivity contribution is 0.572. The number of unbranched alkanes of at least 4 members (excludes halogenated alkanes) is 15. The third kappa shape index (κ3) is 19.6. The zero-order chi connectivity index (χ0) is 15.4. The fourth-order valence-electron chi connectivity index (χ4n) is 2.55. The predicted octanol–water partition coefficient (Wildman–Crippen LogP) is 7.29. The predicted molar refractivity (Wildman–Crippen MR) is 97.0 cm³/mol. The van der Waals surface area contributed by atoms with Crippen molar-refractivity contribution in [1.82, 2.24) is 0 Å². The second-order valence-electron chi connectivity index (χ2n) is 6.16. The largest absolute Gasteiger partial charge is 0.103 e. The van der Waals surface area contributed by atoms with Gasteiger partial charge >= 0.3 is 0 Å². The Bertz CT molecular complexity index is 230. The second kappa shape index (κ2) is 19.6. The molecule has 0 rings (SSSR count). The average molecular weight is 291 g/mol. The molecule has 0 saturated heterocycles. The molecule has 0 saturated carbocycles. The van der Waals surface area contributed by atoms with Crippen LogP contribution in [0.2, 0.25) is 0 Å². The smallest absolute Gasteiger partial charge is 0.00886 e. The van der Waals surface area contributed by atoms with Crippen LogP contribution < -0.4 is 0 Å². The quantitative estimate of drug-likeness (QED) is 0.219. The Balaban J connectivity index is 3.06. The van der Waals surface area contributed by atoms with Gasteiger partial charge in [0.25, 0.3) is 0 Å². The van der Waals surface area contributed by atoms with Crippen molar-refractivity contribution >= 4 is 0 Å². The molecule has 0 nitrogen and oxygen atoms in total. The van der Waals surface area contributed by atoms with Gasteiger partial charge in [0.1, 0.15) is 0 Å². The first-order valence-corrected chi connectivity index (χ1v) is 9.46. The first-order valence-electron chi connectivity index (χ1n) is 9.46. The van der Waals surface area contributed by atoms with Crippen molar-refractivity contribution in [1.29, 1.82) is 0 Å². The highest BCUT2D eigenvalue weighted by molar-refractivity contribution is 4.98. The van der Waals surface area contributed by atoms with Crippen molar-refractivity contribution < 1.29 is 0 Å². The van der Waals surface area contributed by atoms with E-state index in [-0.39, 0.29) is 0 Å². The van der Waals surface area contributed by atoms with Crippen molar-refractivity contribution in [3.63, 3.8) is 0 Å². The molecule has 0 aromatic carbocycles. The molecule has 0 heteroatoms. The van der Waals surface area contributed by atoms with Crippen LogP contribution in [0, 0.1) is 25.7 Å². The van der Waals surface area contributed by atoms with Crippen LogP contribution >= 0.6 is 0 Å². The molecule has 0 amide bonds. The van der Waals surface area contributed by atoms with Crippen LogP contribution in [0.1, 0.15) is 109 Å². The Morgan fingerprint density at radius 1 is 0.381 bits per heavy atom. The Hall–Kier alpha value is -0.440. The van der Waals surface area contributed by atoms with Crippen molar-refractivity contribution in [2.45, 2.75) is 109 Å². The molecule has 0 spiro atoms. The van der Waals surface area contributed by atoms with E-state index in [1.165, 1.54) is 83.5 Å². The lowest BCUT2D eigenvalue weighted by Gasteiger charge is -2.00. The van der Waals surface area contributed by atoms with Crippen LogP contribution in [0.4, 0.5) is 0 Å². The summed E-state index contributed by atoms with van der Waals surface area (Å²) in [7, 11) is 0. The standard InChI is InChI=1S/C21H38/c1-3-5-7-9-11-13-15-17-19-21-20-18-16-14-12-10-8-6-4-2/h1-17,19,21H2. The summed E-state index contributed by atoms with van der Waals surface area (Å²) in [5.41, 5.74) is 0. The molecule has 122 valence electrons. The summed E-state index contributed by atoms with van der Waals surface area (Å²) >= 11 is 0. The van der Waals surface area contributed by atoms with Gasteiger partial charge in [-0.15, -0.1) is 11.8 Å². The monoisotopic (exact) mass is 290 g/mol. The van der Waals surface area contributed by atoms with Gasteiger partial charge in [-0.2, -0.15) is 0 Å². The van der Waals surface area contributed by atoms with Gasteiger partial charge in [-0.25, -0.2) is 0 Å².